The summed E-state index contributed by atoms with van der Waals surface area (Å²) in [4.78, 5) is 0. The summed E-state index contributed by atoms with van der Waals surface area (Å²) in [6.45, 7) is 0. The van der Waals surface area contributed by atoms with Crippen molar-refractivity contribution in [1.82, 2.24) is 0 Å². The minimum atomic E-state index is -2.80. The zero-order valence-corrected chi connectivity index (χ0v) is 34.3. The standard InChI is InChI=1S/C60H36Si/c1-5-19-37(20-6-1)53-49-35-48-42-28-14-13-27-41(42)43-30-17-32-46(55(43)48)58(49)54(38-21-7-2-8-22-38)59-47-33-18-31-45-56(47)50(60(53)59)36-52-57(45)44-29-15-16-34-51(44)61(52,39-23-9-3-10-24-39)40-25-11-4-12-26-40/h1-36H. The molecule has 0 saturated carbocycles. The van der Waals surface area contributed by atoms with Crippen LogP contribution in [0.5, 0.6) is 0 Å². The molecule has 1 heterocycles. The molecule has 0 amide bonds. The Morgan fingerprint density at radius 3 is 1.38 bits per heavy atom. The fraction of sp³-hybridized carbons (Fsp3) is 0. The maximum absolute atomic E-state index is 2.80. The molecule has 13 aromatic carbocycles. The number of hydrogen-bond acceptors (Lipinski definition) is 0. The molecule has 0 atom stereocenters. The highest BCUT2D eigenvalue weighted by atomic mass is 28.3. The van der Waals surface area contributed by atoms with Crippen LogP contribution in [0.15, 0.2) is 218 Å². The summed E-state index contributed by atoms with van der Waals surface area (Å²) in [7, 11) is -2.80. The Morgan fingerprint density at radius 2 is 0.705 bits per heavy atom. The van der Waals surface area contributed by atoms with E-state index in [0.717, 1.165) is 0 Å². The van der Waals surface area contributed by atoms with Gasteiger partial charge in [0.15, 0.2) is 8.07 Å². The Morgan fingerprint density at radius 1 is 0.230 bits per heavy atom. The van der Waals surface area contributed by atoms with Gasteiger partial charge in [0, 0.05) is 0 Å². The summed E-state index contributed by atoms with van der Waals surface area (Å²) in [5.41, 5.74) is 7.91. The molecule has 1 aliphatic rings. The van der Waals surface area contributed by atoms with Crippen LogP contribution in [0, 0.1) is 0 Å². The van der Waals surface area contributed by atoms with Crippen LogP contribution in [-0.4, -0.2) is 8.07 Å². The topological polar surface area (TPSA) is 0 Å². The largest absolute Gasteiger partial charge is 0.180 e. The smallest absolute Gasteiger partial charge is 0.0623 e. The van der Waals surface area contributed by atoms with Gasteiger partial charge >= 0.3 is 0 Å². The molecule has 0 fully saturated rings. The van der Waals surface area contributed by atoms with E-state index in [-0.39, 0.29) is 0 Å². The third-order valence-corrected chi connectivity index (χ3v) is 19.0. The maximum Gasteiger partial charge on any atom is 0.180 e. The lowest BCUT2D eigenvalue weighted by Gasteiger charge is -2.31. The van der Waals surface area contributed by atoms with Gasteiger partial charge in [-0.15, -0.1) is 0 Å². The molecule has 280 valence electrons. The second kappa shape index (κ2) is 12.2. The Bertz CT molecular complexity index is 3850. The molecule has 0 radical (unpaired) electrons. The number of benzene rings is 11. The third-order valence-electron chi connectivity index (χ3n) is 14.2. The van der Waals surface area contributed by atoms with Crippen LogP contribution in [-0.2, 0) is 0 Å². The van der Waals surface area contributed by atoms with Crippen molar-refractivity contribution >= 4 is 104 Å². The zero-order valence-electron chi connectivity index (χ0n) is 33.3. The van der Waals surface area contributed by atoms with Crippen molar-refractivity contribution < 1.29 is 0 Å². The van der Waals surface area contributed by atoms with E-state index in [1.165, 1.54) is 130 Å². The van der Waals surface area contributed by atoms with E-state index in [4.69, 9.17) is 0 Å². The normalized spacial score (nSPS) is 13.4. The average Bonchev–Trinajstić information content (AvgIpc) is 3.95. The highest BCUT2D eigenvalue weighted by Crippen LogP contribution is 2.55. The molecule has 0 nitrogen and oxygen atoms in total. The summed E-state index contributed by atoms with van der Waals surface area (Å²) in [5.74, 6) is 0. The van der Waals surface area contributed by atoms with Crippen LogP contribution >= 0.6 is 0 Å². The van der Waals surface area contributed by atoms with E-state index in [9.17, 15) is 0 Å². The number of rotatable bonds is 4. The lowest BCUT2D eigenvalue weighted by atomic mass is 9.84. The molecular formula is C60H36Si. The van der Waals surface area contributed by atoms with Crippen LogP contribution in [0.1, 0.15) is 0 Å². The van der Waals surface area contributed by atoms with Crippen molar-refractivity contribution in [3.8, 4) is 33.4 Å². The third kappa shape index (κ3) is 4.19. The van der Waals surface area contributed by atoms with E-state index >= 15 is 0 Å². The summed E-state index contributed by atoms with van der Waals surface area (Å²) >= 11 is 0. The predicted octanol–water partition coefficient (Wildman–Crippen LogP) is 13.3. The first kappa shape index (κ1) is 33.3. The van der Waals surface area contributed by atoms with E-state index in [0.29, 0.717) is 0 Å². The molecule has 0 saturated heterocycles. The zero-order chi connectivity index (χ0) is 39.8. The second-order valence-corrected chi connectivity index (χ2v) is 20.7. The van der Waals surface area contributed by atoms with Crippen LogP contribution in [0.2, 0.25) is 0 Å². The van der Waals surface area contributed by atoms with E-state index in [1.807, 2.05) is 0 Å². The minimum absolute atomic E-state index is 1.25. The minimum Gasteiger partial charge on any atom is -0.0623 e. The van der Waals surface area contributed by atoms with Gasteiger partial charge in [0.2, 0.25) is 0 Å². The van der Waals surface area contributed by atoms with Crippen molar-refractivity contribution in [3.05, 3.63) is 218 Å². The number of hydrogen-bond donors (Lipinski definition) is 0. The number of fused-ring (bicyclic) bond motifs is 12. The van der Waals surface area contributed by atoms with E-state index < -0.39 is 8.07 Å². The summed E-state index contributed by atoms with van der Waals surface area (Å²) in [5, 5.41) is 24.5. The Hall–Kier alpha value is -7.58. The van der Waals surface area contributed by atoms with Crippen molar-refractivity contribution in [2.45, 2.75) is 0 Å². The summed E-state index contributed by atoms with van der Waals surface area (Å²) < 4.78 is 0. The first-order chi connectivity index (χ1) is 30.3. The van der Waals surface area contributed by atoms with Crippen LogP contribution in [0.25, 0.3) is 109 Å². The van der Waals surface area contributed by atoms with Gasteiger partial charge in [-0.3, -0.25) is 0 Å². The fourth-order valence-corrected chi connectivity index (χ4v) is 17.2. The van der Waals surface area contributed by atoms with Crippen molar-refractivity contribution in [2.75, 3.05) is 0 Å². The maximum atomic E-state index is 2.68. The van der Waals surface area contributed by atoms with Crippen LogP contribution in [0.4, 0.5) is 0 Å². The Labute approximate surface area is 354 Å². The van der Waals surface area contributed by atoms with Gasteiger partial charge in [-0.2, -0.15) is 0 Å². The molecule has 13 aromatic rings. The monoisotopic (exact) mass is 784 g/mol. The quantitative estimate of drug-likeness (QED) is 0.123. The summed E-state index contributed by atoms with van der Waals surface area (Å²) in [6, 6.07) is 83.1. The van der Waals surface area contributed by atoms with Gasteiger partial charge in [0.05, 0.1) is 0 Å². The lowest BCUT2D eigenvalue weighted by Crippen LogP contribution is -2.72. The SMILES string of the molecule is c1ccc(-c2c3cc4c5ccccc5c5cccc(c3c(-c3ccccc3)c3c6cccc7c8c(cc(c23)c76)[Si](c2ccccc2)(c2ccccc2)c2ccccc2-8)c54)cc1. The highest BCUT2D eigenvalue weighted by Gasteiger charge is 2.49. The van der Waals surface area contributed by atoms with E-state index in [1.54, 1.807) is 0 Å². The van der Waals surface area contributed by atoms with Gasteiger partial charge in [0.1, 0.15) is 0 Å². The van der Waals surface area contributed by atoms with E-state index in [2.05, 4.69) is 218 Å². The lowest BCUT2D eigenvalue weighted by molar-refractivity contribution is 1.68. The molecule has 0 N–H and O–H groups in total. The van der Waals surface area contributed by atoms with Crippen LogP contribution < -0.4 is 20.7 Å². The van der Waals surface area contributed by atoms with Crippen LogP contribution in [0.3, 0.4) is 0 Å². The molecule has 0 aliphatic carbocycles. The molecule has 0 aromatic heterocycles. The summed E-state index contributed by atoms with van der Waals surface area (Å²) in [6.07, 6.45) is 0. The van der Waals surface area contributed by atoms with Gasteiger partial charge in [0.25, 0.3) is 0 Å². The van der Waals surface area contributed by atoms with Crippen molar-refractivity contribution in [2.24, 2.45) is 0 Å². The van der Waals surface area contributed by atoms with Crippen molar-refractivity contribution in [3.63, 3.8) is 0 Å². The molecule has 0 bridgehead atoms. The molecule has 14 rings (SSSR count). The molecule has 0 spiro atoms. The molecular weight excluding hydrogens is 749 g/mol. The predicted molar refractivity (Wildman–Crippen MR) is 265 cm³/mol. The molecule has 0 unspecified atom stereocenters. The molecule has 61 heavy (non-hydrogen) atoms. The highest BCUT2D eigenvalue weighted by molar-refractivity contribution is 7.22. The first-order valence-electron chi connectivity index (χ1n) is 21.4. The molecule has 1 heteroatoms. The van der Waals surface area contributed by atoms with Gasteiger partial charge in [-0.05, 0) is 136 Å². The first-order valence-corrected chi connectivity index (χ1v) is 23.4. The van der Waals surface area contributed by atoms with Gasteiger partial charge < -0.3 is 0 Å². The second-order valence-electron chi connectivity index (χ2n) is 17.0. The molecule has 1 aliphatic heterocycles. The fourth-order valence-electron chi connectivity index (χ4n) is 12.0. The van der Waals surface area contributed by atoms with Gasteiger partial charge in [-0.1, -0.05) is 212 Å². The van der Waals surface area contributed by atoms with Gasteiger partial charge in [-0.25, -0.2) is 0 Å². The Kier molecular flexibility index (Phi) is 6.67. The average molecular weight is 785 g/mol. The Balaban J connectivity index is 1.29. The van der Waals surface area contributed by atoms with Crippen molar-refractivity contribution in [1.29, 1.82) is 0 Å².